The predicted molar refractivity (Wildman–Crippen MR) is 88.9 cm³/mol. The molecule has 3 aromatic rings. The average molecular weight is 349 g/mol. The molecule has 1 N–H and O–H groups in total. The first kappa shape index (κ1) is 15.6. The zero-order chi connectivity index (χ0) is 16.4. The summed E-state index contributed by atoms with van der Waals surface area (Å²) < 4.78 is 32.5. The minimum Gasteiger partial charge on any atom is -0.444 e. The number of nitrogens with one attached hydrogen (secondary N) is 1. The van der Waals surface area contributed by atoms with Crippen molar-refractivity contribution in [1.82, 2.24) is 4.98 Å². The van der Waals surface area contributed by atoms with Crippen LogP contribution in [0.5, 0.6) is 0 Å². The molecule has 0 radical (unpaired) electrons. The van der Waals surface area contributed by atoms with Crippen molar-refractivity contribution in [3.8, 4) is 11.3 Å². The van der Waals surface area contributed by atoms with Crippen molar-refractivity contribution in [1.29, 1.82) is 0 Å². The van der Waals surface area contributed by atoms with E-state index in [-0.39, 0.29) is 9.92 Å². The number of rotatable bonds is 4. The normalized spacial score (nSPS) is 11.4. The third kappa shape index (κ3) is 3.38. The molecule has 0 aliphatic rings. The van der Waals surface area contributed by atoms with Crippen molar-refractivity contribution in [3.05, 3.63) is 65.6 Å². The van der Waals surface area contributed by atoms with Crippen LogP contribution in [0.25, 0.3) is 11.3 Å². The highest BCUT2D eigenvalue weighted by Crippen LogP contribution is 2.26. The third-order valence-electron chi connectivity index (χ3n) is 3.23. The van der Waals surface area contributed by atoms with E-state index in [4.69, 9.17) is 16.0 Å². The van der Waals surface area contributed by atoms with Gasteiger partial charge in [0.25, 0.3) is 10.0 Å². The Morgan fingerprint density at radius 2 is 1.87 bits per heavy atom. The van der Waals surface area contributed by atoms with Gasteiger partial charge in [-0.1, -0.05) is 17.7 Å². The van der Waals surface area contributed by atoms with Crippen LogP contribution in [0.3, 0.4) is 0 Å². The lowest BCUT2D eigenvalue weighted by molar-refractivity contribution is 0.572. The number of halogens is 1. The first-order valence-corrected chi connectivity index (χ1v) is 8.60. The minimum atomic E-state index is -3.75. The van der Waals surface area contributed by atoms with E-state index in [9.17, 15) is 8.42 Å². The smallest absolute Gasteiger partial charge is 0.263 e. The van der Waals surface area contributed by atoms with Crippen molar-refractivity contribution in [2.75, 3.05) is 4.72 Å². The molecule has 3 rings (SSSR count). The Morgan fingerprint density at radius 3 is 2.48 bits per heavy atom. The molecule has 5 nitrogen and oxygen atoms in total. The fraction of sp³-hybridized carbons (Fsp3) is 0.0625. The summed E-state index contributed by atoms with van der Waals surface area (Å²) >= 11 is 6.03. The van der Waals surface area contributed by atoms with E-state index in [1.807, 2.05) is 6.92 Å². The number of oxazole rings is 1. The highest BCUT2D eigenvalue weighted by atomic mass is 35.5. The summed E-state index contributed by atoms with van der Waals surface area (Å²) in [5.74, 6) is 0.612. The van der Waals surface area contributed by atoms with E-state index in [0.29, 0.717) is 11.4 Å². The summed E-state index contributed by atoms with van der Waals surface area (Å²) in [5, 5.41) is 0.191. The van der Waals surface area contributed by atoms with Gasteiger partial charge in [-0.3, -0.25) is 4.72 Å². The quantitative estimate of drug-likeness (QED) is 0.770. The van der Waals surface area contributed by atoms with Crippen molar-refractivity contribution in [2.45, 2.75) is 11.8 Å². The second-order valence-corrected chi connectivity index (χ2v) is 7.04. The fourth-order valence-corrected chi connectivity index (χ4v) is 3.75. The van der Waals surface area contributed by atoms with Crippen LogP contribution in [0, 0.1) is 6.92 Å². The molecule has 118 valence electrons. The summed E-state index contributed by atoms with van der Waals surface area (Å²) in [5.41, 5.74) is 2.13. The Balaban J connectivity index is 1.86. The number of aromatic nitrogens is 1. The number of anilines is 1. The lowest BCUT2D eigenvalue weighted by Gasteiger charge is -2.10. The number of aryl methyl sites for hydroxylation is 1. The maximum Gasteiger partial charge on any atom is 0.263 e. The molecule has 7 heteroatoms. The first-order chi connectivity index (χ1) is 11.0. The van der Waals surface area contributed by atoms with Gasteiger partial charge >= 0.3 is 0 Å². The molecule has 0 bridgehead atoms. The Kier molecular flexibility index (Phi) is 4.11. The third-order valence-corrected chi connectivity index (χ3v) is 5.10. The second-order valence-electron chi connectivity index (χ2n) is 4.98. The van der Waals surface area contributed by atoms with Gasteiger partial charge in [0.05, 0.1) is 11.2 Å². The average Bonchev–Trinajstić information content (AvgIpc) is 3.01. The van der Waals surface area contributed by atoms with E-state index in [1.54, 1.807) is 42.6 Å². The predicted octanol–water partition coefficient (Wildman–Crippen LogP) is 4.10. The van der Waals surface area contributed by atoms with Crippen molar-refractivity contribution in [2.24, 2.45) is 0 Å². The number of sulfonamides is 1. The minimum absolute atomic E-state index is 0.0454. The summed E-state index contributed by atoms with van der Waals surface area (Å²) in [7, 11) is -3.75. The summed E-state index contributed by atoms with van der Waals surface area (Å²) in [4.78, 5) is 3.89. The van der Waals surface area contributed by atoms with Gasteiger partial charge in [-0.25, -0.2) is 13.4 Å². The van der Waals surface area contributed by atoms with Crippen LogP contribution in [0.4, 0.5) is 5.69 Å². The molecule has 0 fully saturated rings. The van der Waals surface area contributed by atoms with Gasteiger partial charge in [0.15, 0.2) is 12.2 Å². The van der Waals surface area contributed by atoms with Gasteiger partial charge in [-0.15, -0.1) is 0 Å². The summed E-state index contributed by atoms with van der Waals surface area (Å²) in [6, 6.07) is 11.6. The standard InChI is InChI=1S/C16H13ClN2O3S/c1-11-2-7-16(14(17)8-11)23(20,21)19-13-5-3-12(4-6-13)15-9-18-10-22-15/h2-10,19H,1H3. The van der Waals surface area contributed by atoms with Crippen LogP contribution in [-0.4, -0.2) is 13.4 Å². The molecule has 0 spiro atoms. The SMILES string of the molecule is Cc1ccc(S(=O)(=O)Nc2ccc(-c3cnco3)cc2)c(Cl)c1. The summed E-state index contributed by atoms with van der Waals surface area (Å²) in [6.45, 7) is 1.85. The van der Waals surface area contributed by atoms with Crippen LogP contribution in [0.15, 0.2) is 64.4 Å². The van der Waals surface area contributed by atoms with Gasteiger partial charge in [0, 0.05) is 11.3 Å². The molecule has 0 aliphatic heterocycles. The fourth-order valence-electron chi connectivity index (χ4n) is 2.09. The Hall–Kier alpha value is -2.31. The second kappa shape index (κ2) is 6.06. The number of nitrogens with zero attached hydrogens (tertiary/aromatic N) is 1. The van der Waals surface area contributed by atoms with Gasteiger partial charge in [0.1, 0.15) is 4.90 Å². The van der Waals surface area contributed by atoms with Crippen LogP contribution >= 0.6 is 11.6 Å². The lowest BCUT2D eigenvalue weighted by atomic mass is 10.2. The Labute approximate surface area is 139 Å². The molecule has 1 heterocycles. The number of hydrogen-bond donors (Lipinski definition) is 1. The summed E-state index contributed by atoms with van der Waals surface area (Å²) in [6.07, 6.45) is 2.93. The molecule has 0 unspecified atom stereocenters. The van der Waals surface area contributed by atoms with Gasteiger partial charge in [-0.2, -0.15) is 0 Å². The zero-order valence-electron chi connectivity index (χ0n) is 12.2. The largest absolute Gasteiger partial charge is 0.444 e. The van der Waals surface area contributed by atoms with Crippen molar-refractivity contribution < 1.29 is 12.8 Å². The molecular weight excluding hydrogens is 336 g/mol. The molecule has 0 aliphatic carbocycles. The highest BCUT2D eigenvalue weighted by molar-refractivity contribution is 7.92. The Morgan fingerprint density at radius 1 is 1.13 bits per heavy atom. The maximum atomic E-state index is 12.4. The molecule has 0 amide bonds. The number of benzene rings is 2. The van der Waals surface area contributed by atoms with Gasteiger partial charge in [-0.05, 0) is 48.9 Å². The van der Waals surface area contributed by atoms with Crippen LogP contribution in [0.1, 0.15) is 5.56 Å². The van der Waals surface area contributed by atoms with Crippen molar-refractivity contribution >= 4 is 27.3 Å². The van der Waals surface area contributed by atoms with E-state index < -0.39 is 10.0 Å². The monoisotopic (exact) mass is 348 g/mol. The molecular formula is C16H13ClN2O3S. The molecule has 0 atom stereocenters. The topological polar surface area (TPSA) is 72.2 Å². The molecule has 0 saturated heterocycles. The first-order valence-electron chi connectivity index (χ1n) is 6.73. The van der Waals surface area contributed by atoms with Crippen molar-refractivity contribution in [3.63, 3.8) is 0 Å². The highest BCUT2D eigenvalue weighted by Gasteiger charge is 2.18. The number of hydrogen-bond acceptors (Lipinski definition) is 4. The zero-order valence-corrected chi connectivity index (χ0v) is 13.7. The van der Waals surface area contributed by atoms with Gasteiger partial charge in [0.2, 0.25) is 0 Å². The van der Waals surface area contributed by atoms with E-state index in [0.717, 1.165) is 11.1 Å². The maximum absolute atomic E-state index is 12.4. The van der Waals surface area contributed by atoms with E-state index in [1.165, 1.54) is 12.5 Å². The van der Waals surface area contributed by atoms with Crippen LogP contribution in [0.2, 0.25) is 5.02 Å². The molecule has 1 aromatic heterocycles. The molecule has 23 heavy (non-hydrogen) atoms. The molecule has 2 aromatic carbocycles. The van der Waals surface area contributed by atoms with E-state index in [2.05, 4.69) is 9.71 Å². The Bertz CT molecular complexity index is 920. The van der Waals surface area contributed by atoms with Crippen LogP contribution < -0.4 is 4.72 Å². The van der Waals surface area contributed by atoms with Crippen LogP contribution in [-0.2, 0) is 10.0 Å². The molecule has 0 saturated carbocycles. The van der Waals surface area contributed by atoms with Gasteiger partial charge < -0.3 is 4.42 Å². The lowest BCUT2D eigenvalue weighted by Crippen LogP contribution is -2.13. The van der Waals surface area contributed by atoms with E-state index >= 15 is 0 Å².